The molecular weight excluding hydrogens is 400 g/mol. The first kappa shape index (κ1) is 22.4. The van der Waals surface area contributed by atoms with Gasteiger partial charge in [0.15, 0.2) is 0 Å². The predicted octanol–water partition coefficient (Wildman–Crippen LogP) is 3.06. The summed E-state index contributed by atoms with van der Waals surface area (Å²) in [5.74, 6) is -2.64. The Hall–Kier alpha value is -2.84. The van der Waals surface area contributed by atoms with E-state index in [0.717, 1.165) is 31.2 Å². The van der Waals surface area contributed by atoms with Crippen molar-refractivity contribution >= 4 is 40.4 Å². The van der Waals surface area contributed by atoms with Crippen LogP contribution in [0.15, 0.2) is 41.0 Å². The first-order chi connectivity index (χ1) is 13.8. The van der Waals surface area contributed by atoms with E-state index in [9.17, 15) is 14.4 Å². The Balaban J connectivity index is 0.000000321. The van der Waals surface area contributed by atoms with E-state index in [-0.39, 0.29) is 11.9 Å². The van der Waals surface area contributed by atoms with Crippen LogP contribution in [0.2, 0.25) is 5.02 Å². The largest absolute Gasteiger partial charge is 0.478 e. The molecule has 4 N–H and O–H groups in total. The van der Waals surface area contributed by atoms with Crippen molar-refractivity contribution in [2.24, 2.45) is 0 Å². The summed E-state index contributed by atoms with van der Waals surface area (Å²) in [6.45, 7) is 3.11. The highest BCUT2D eigenvalue weighted by molar-refractivity contribution is 6.32. The molecule has 0 saturated carbocycles. The zero-order chi connectivity index (χ0) is 21.4. The van der Waals surface area contributed by atoms with Crippen LogP contribution in [0.3, 0.4) is 0 Å². The molecule has 8 nitrogen and oxygen atoms in total. The monoisotopic (exact) mass is 422 g/mol. The van der Waals surface area contributed by atoms with E-state index in [1.54, 1.807) is 18.4 Å². The van der Waals surface area contributed by atoms with Crippen molar-refractivity contribution in [2.75, 3.05) is 6.54 Å². The van der Waals surface area contributed by atoms with Crippen LogP contribution in [-0.4, -0.2) is 46.7 Å². The average molecular weight is 423 g/mol. The number of carboxylic acid groups (broad SMARTS) is 2. The number of fused-ring (bicyclic) bond motifs is 1. The van der Waals surface area contributed by atoms with Gasteiger partial charge < -0.3 is 25.3 Å². The van der Waals surface area contributed by atoms with E-state index in [1.807, 2.05) is 6.07 Å². The van der Waals surface area contributed by atoms with Crippen molar-refractivity contribution in [2.45, 2.75) is 38.3 Å². The van der Waals surface area contributed by atoms with Gasteiger partial charge in [0.2, 0.25) is 0 Å². The van der Waals surface area contributed by atoms with Crippen molar-refractivity contribution in [3.63, 3.8) is 0 Å². The van der Waals surface area contributed by atoms with Gasteiger partial charge in [-0.3, -0.25) is 4.79 Å². The molecule has 2 unspecified atom stereocenters. The van der Waals surface area contributed by atoms with Gasteiger partial charge in [-0.2, -0.15) is 0 Å². The molecule has 156 valence electrons. The topological polar surface area (TPSA) is 129 Å². The van der Waals surface area contributed by atoms with Crippen LogP contribution in [0.1, 0.15) is 36.5 Å². The molecular formula is C20H23ClN2O6. The number of furan rings is 1. The minimum absolute atomic E-state index is 0.127. The number of carbonyl (C=O) groups excluding carboxylic acids is 1. The normalized spacial score (nSPS) is 17.0. The Kier molecular flexibility index (Phi) is 8.23. The smallest absolute Gasteiger partial charge is 0.328 e. The minimum atomic E-state index is -1.26. The number of nitrogens with one attached hydrogen (secondary N) is 2. The third kappa shape index (κ3) is 6.62. The second-order valence-electron chi connectivity index (χ2n) is 6.49. The first-order valence-electron chi connectivity index (χ1n) is 9.16. The van der Waals surface area contributed by atoms with Crippen LogP contribution in [-0.2, 0) is 9.59 Å². The maximum Gasteiger partial charge on any atom is 0.328 e. The maximum atomic E-state index is 12.6. The zero-order valence-electron chi connectivity index (χ0n) is 15.9. The van der Waals surface area contributed by atoms with Crippen LogP contribution in [0.4, 0.5) is 0 Å². The third-order valence-corrected chi connectivity index (χ3v) is 4.69. The van der Waals surface area contributed by atoms with Gasteiger partial charge in [0.05, 0.1) is 11.8 Å². The number of carbonyl (C=O) groups is 3. The number of carboxylic acids is 2. The molecule has 1 fully saturated rings. The lowest BCUT2D eigenvalue weighted by Gasteiger charge is -2.23. The average Bonchev–Trinajstić information content (AvgIpc) is 3.35. The summed E-state index contributed by atoms with van der Waals surface area (Å²) >= 11 is 6.09. The van der Waals surface area contributed by atoms with Gasteiger partial charge in [0.1, 0.15) is 5.58 Å². The lowest BCUT2D eigenvalue weighted by molar-refractivity contribution is -0.134. The quantitative estimate of drug-likeness (QED) is 0.526. The number of halogens is 1. The number of rotatable bonds is 6. The Morgan fingerprint density at radius 3 is 2.55 bits per heavy atom. The van der Waals surface area contributed by atoms with Gasteiger partial charge in [-0.05, 0) is 44.0 Å². The number of hydrogen-bond donors (Lipinski definition) is 4. The van der Waals surface area contributed by atoms with Gasteiger partial charge in [0, 0.05) is 34.6 Å². The lowest BCUT2D eigenvalue weighted by atomic mass is 10.0. The summed E-state index contributed by atoms with van der Waals surface area (Å²) in [5, 5.41) is 23.6. The molecule has 1 aromatic heterocycles. The maximum absolute atomic E-state index is 12.6. The standard InChI is InChI=1S/C16H19ClN2O2.C4H4O4/c1-2-13(14-4-3-6-18-14)19-16(20)12-9-11(17)8-10-5-7-21-15(10)12;5-3(6)1-2-4(7)8/h5,7-9,13-14,18H,2-4,6H2,1H3,(H,19,20);1-2H,(H,5,6)(H,7,8)/b;2-1+. The molecule has 29 heavy (non-hydrogen) atoms. The fraction of sp³-hybridized carbons (Fsp3) is 0.350. The van der Waals surface area contributed by atoms with Crippen molar-refractivity contribution in [1.29, 1.82) is 0 Å². The molecule has 0 radical (unpaired) electrons. The Morgan fingerprint density at radius 2 is 2.00 bits per heavy atom. The number of amides is 1. The Bertz CT molecular complexity index is 886. The molecule has 1 saturated heterocycles. The van der Waals surface area contributed by atoms with Crippen LogP contribution in [0.5, 0.6) is 0 Å². The number of aliphatic carboxylic acids is 2. The fourth-order valence-electron chi connectivity index (χ4n) is 3.14. The molecule has 1 aromatic carbocycles. The molecule has 0 spiro atoms. The summed E-state index contributed by atoms with van der Waals surface area (Å²) in [5.41, 5.74) is 1.09. The SMILES string of the molecule is CCC(NC(=O)c1cc(Cl)cc2ccoc12)C1CCCN1.O=C(O)/C=C/C(=O)O. The van der Waals surface area contributed by atoms with Crippen LogP contribution < -0.4 is 10.6 Å². The van der Waals surface area contributed by atoms with Crippen molar-refractivity contribution in [1.82, 2.24) is 10.6 Å². The van der Waals surface area contributed by atoms with Crippen molar-refractivity contribution in [3.8, 4) is 0 Å². The van der Waals surface area contributed by atoms with E-state index in [1.165, 1.54) is 0 Å². The fourth-order valence-corrected chi connectivity index (χ4v) is 3.37. The van der Waals surface area contributed by atoms with E-state index < -0.39 is 11.9 Å². The van der Waals surface area contributed by atoms with Crippen LogP contribution in [0.25, 0.3) is 11.0 Å². The number of benzene rings is 1. The summed E-state index contributed by atoms with van der Waals surface area (Å²) in [6.07, 6.45) is 5.85. The molecule has 0 aliphatic carbocycles. The van der Waals surface area contributed by atoms with Crippen LogP contribution in [0, 0.1) is 0 Å². The molecule has 2 heterocycles. The molecule has 1 amide bonds. The van der Waals surface area contributed by atoms with Gasteiger partial charge in [0.25, 0.3) is 5.91 Å². The second-order valence-corrected chi connectivity index (χ2v) is 6.93. The zero-order valence-corrected chi connectivity index (χ0v) is 16.6. The molecule has 9 heteroatoms. The first-order valence-corrected chi connectivity index (χ1v) is 9.54. The highest BCUT2D eigenvalue weighted by atomic mass is 35.5. The van der Waals surface area contributed by atoms with Gasteiger partial charge in [-0.1, -0.05) is 18.5 Å². The lowest BCUT2D eigenvalue weighted by Crippen LogP contribution is -2.47. The molecule has 3 rings (SSSR count). The third-order valence-electron chi connectivity index (χ3n) is 4.47. The van der Waals surface area contributed by atoms with Crippen molar-refractivity contribution < 1.29 is 29.0 Å². The van der Waals surface area contributed by atoms with E-state index in [4.69, 9.17) is 26.2 Å². The van der Waals surface area contributed by atoms with Gasteiger partial charge >= 0.3 is 11.9 Å². The Morgan fingerprint density at radius 1 is 1.31 bits per heavy atom. The summed E-state index contributed by atoms with van der Waals surface area (Å²) in [7, 11) is 0. The van der Waals surface area contributed by atoms with Crippen molar-refractivity contribution in [3.05, 3.63) is 47.2 Å². The van der Waals surface area contributed by atoms with E-state index in [0.29, 0.717) is 34.4 Å². The molecule has 1 aliphatic rings. The highest BCUT2D eigenvalue weighted by Gasteiger charge is 2.26. The van der Waals surface area contributed by atoms with Crippen LogP contribution >= 0.6 is 11.6 Å². The molecule has 0 bridgehead atoms. The molecule has 2 aromatic rings. The predicted molar refractivity (Wildman–Crippen MR) is 108 cm³/mol. The molecule has 2 atom stereocenters. The Labute approximate surface area is 172 Å². The minimum Gasteiger partial charge on any atom is -0.478 e. The summed E-state index contributed by atoms with van der Waals surface area (Å²) in [4.78, 5) is 31.7. The van der Waals surface area contributed by atoms with Gasteiger partial charge in [-0.15, -0.1) is 0 Å². The highest BCUT2D eigenvalue weighted by Crippen LogP contribution is 2.25. The second kappa shape index (κ2) is 10.6. The summed E-state index contributed by atoms with van der Waals surface area (Å²) < 4.78 is 5.43. The molecule has 1 aliphatic heterocycles. The summed E-state index contributed by atoms with van der Waals surface area (Å²) in [6, 6.07) is 5.76. The van der Waals surface area contributed by atoms with E-state index in [2.05, 4.69) is 17.6 Å². The van der Waals surface area contributed by atoms with E-state index >= 15 is 0 Å². The number of hydrogen-bond acceptors (Lipinski definition) is 5. The van der Waals surface area contributed by atoms with Gasteiger partial charge in [-0.25, -0.2) is 9.59 Å².